The Bertz CT molecular complexity index is 115. The van der Waals surface area contributed by atoms with E-state index < -0.39 is 0 Å². The molecule has 0 saturated carbocycles. The molecular formula is C6H13N3. The van der Waals surface area contributed by atoms with Gasteiger partial charge in [-0.1, -0.05) is 6.92 Å². The van der Waals surface area contributed by atoms with E-state index in [1.54, 1.807) is 20.3 Å². The molecule has 0 heterocycles. The molecule has 0 atom stereocenters. The number of hydrogen-bond donors (Lipinski definition) is 1. The van der Waals surface area contributed by atoms with Crippen molar-refractivity contribution in [3.63, 3.8) is 0 Å². The Morgan fingerprint density at radius 2 is 2.33 bits per heavy atom. The smallest absolute Gasteiger partial charge is 0.0777 e. The molecule has 0 aromatic heterocycles. The van der Waals surface area contributed by atoms with Crippen LogP contribution in [0.1, 0.15) is 13.3 Å². The molecule has 0 aliphatic rings. The molecule has 0 unspecified atom stereocenters. The van der Waals surface area contributed by atoms with Gasteiger partial charge in [-0.3, -0.25) is 4.99 Å². The van der Waals surface area contributed by atoms with Crippen molar-refractivity contribution in [3.05, 3.63) is 0 Å². The maximum atomic E-state index is 3.95. The summed E-state index contributed by atoms with van der Waals surface area (Å²) in [5, 5.41) is 3.95. The van der Waals surface area contributed by atoms with Gasteiger partial charge in [-0.2, -0.15) is 5.10 Å². The van der Waals surface area contributed by atoms with Crippen LogP contribution < -0.4 is 5.43 Å². The zero-order chi connectivity index (χ0) is 7.11. The molecule has 0 saturated heterocycles. The van der Waals surface area contributed by atoms with Crippen LogP contribution in [0.2, 0.25) is 0 Å². The lowest BCUT2D eigenvalue weighted by atomic mass is 10.3. The quantitative estimate of drug-likeness (QED) is 0.439. The molecule has 3 nitrogen and oxygen atoms in total. The molecule has 0 rings (SSSR count). The van der Waals surface area contributed by atoms with Gasteiger partial charge < -0.3 is 5.43 Å². The molecule has 0 amide bonds. The van der Waals surface area contributed by atoms with Gasteiger partial charge in [0.1, 0.15) is 0 Å². The van der Waals surface area contributed by atoms with E-state index in [2.05, 4.69) is 15.5 Å². The minimum absolute atomic E-state index is 0.915. The van der Waals surface area contributed by atoms with Gasteiger partial charge in [0, 0.05) is 20.3 Å². The topological polar surface area (TPSA) is 36.8 Å². The average Bonchev–Trinajstić information content (AvgIpc) is 1.88. The molecule has 0 fully saturated rings. The van der Waals surface area contributed by atoms with Crippen LogP contribution in [0.3, 0.4) is 0 Å². The molecule has 1 N–H and O–H groups in total. The van der Waals surface area contributed by atoms with Crippen molar-refractivity contribution < 1.29 is 0 Å². The van der Waals surface area contributed by atoms with E-state index in [0.29, 0.717) is 0 Å². The van der Waals surface area contributed by atoms with Crippen LogP contribution in [0, 0.1) is 0 Å². The molecule has 0 aromatic rings. The predicted octanol–water partition coefficient (Wildman–Crippen LogP) is 0.672. The Hall–Kier alpha value is -0.860. The van der Waals surface area contributed by atoms with E-state index in [-0.39, 0.29) is 0 Å². The molecular weight excluding hydrogens is 114 g/mol. The van der Waals surface area contributed by atoms with Crippen molar-refractivity contribution >= 4 is 11.9 Å². The lowest BCUT2D eigenvalue weighted by Gasteiger charge is -1.92. The Kier molecular flexibility index (Phi) is 4.78. The summed E-state index contributed by atoms with van der Waals surface area (Å²) in [6, 6.07) is 0. The zero-order valence-corrected chi connectivity index (χ0v) is 6.18. The first-order valence-electron chi connectivity index (χ1n) is 3.00. The number of nitrogens with zero attached hydrogens (tertiary/aromatic N) is 2. The van der Waals surface area contributed by atoms with Crippen LogP contribution in [0.4, 0.5) is 0 Å². The summed E-state index contributed by atoms with van der Waals surface area (Å²) in [5.74, 6) is 0. The van der Waals surface area contributed by atoms with Crippen LogP contribution in [-0.4, -0.2) is 26.0 Å². The summed E-state index contributed by atoms with van der Waals surface area (Å²) < 4.78 is 0. The standard InChI is InChI=1S/C6H13N3/c1-4-6(5-7-2)9-8-3/h5,8H,4H2,1-3H3/b7-5-,9-6-. The molecule has 9 heavy (non-hydrogen) atoms. The summed E-state index contributed by atoms with van der Waals surface area (Å²) in [7, 11) is 3.51. The second-order valence-corrected chi connectivity index (χ2v) is 1.57. The van der Waals surface area contributed by atoms with Gasteiger partial charge in [-0.15, -0.1) is 0 Å². The van der Waals surface area contributed by atoms with Crippen LogP contribution in [0.15, 0.2) is 10.1 Å². The number of rotatable bonds is 3. The highest BCUT2D eigenvalue weighted by Gasteiger charge is 1.85. The van der Waals surface area contributed by atoms with Gasteiger partial charge in [0.2, 0.25) is 0 Å². The average molecular weight is 127 g/mol. The normalized spacial score (nSPS) is 12.6. The van der Waals surface area contributed by atoms with Gasteiger partial charge in [0.05, 0.1) is 5.71 Å². The van der Waals surface area contributed by atoms with Crippen molar-refractivity contribution in [2.24, 2.45) is 10.1 Å². The van der Waals surface area contributed by atoms with E-state index in [1.165, 1.54) is 0 Å². The van der Waals surface area contributed by atoms with E-state index >= 15 is 0 Å². The summed E-state index contributed by atoms with van der Waals surface area (Å²) >= 11 is 0. The van der Waals surface area contributed by atoms with Gasteiger partial charge in [-0.25, -0.2) is 0 Å². The van der Waals surface area contributed by atoms with Crippen LogP contribution in [-0.2, 0) is 0 Å². The van der Waals surface area contributed by atoms with Crippen molar-refractivity contribution in [1.82, 2.24) is 5.43 Å². The molecule has 52 valence electrons. The third-order valence-corrected chi connectivity index (χ3v) is 0.896. The third kappa shape index (κ3) is 3.70. The van der Waals surface area contributed by atoms with E-state index in [1.807, 2.05) is 6.92 Å². The van der Waals surface area contributed by atoms with Crippen molar-refractivity contribution in [2.45, 2.75) is 13.3 Å². The fourth-order valence-electron chi connectivity index (χ4n) is 0.492. The van der Waals surface area contributed by atoms with Crippen LogP contribution in [0.5, 0.6) is 0 Å². The maximum Gasteiger partial charge on any atom is 0.0777 e. The molecule has 0 bridgehead atoms. The largest absolute Gasteiger partial charge is 0.313 e. The van der Waals surface area contributed by atoms with Gasteiger partial charge in [0.15, 0.2) is 0 Å². The van der Waals surface area contributed by atoms with Crippen LogP contribution in [0.25, 0.3) is 0 Å². The zero-order valence-electron chi connectivity index (χ0n) is 6.18. The summed E-state index contributed by atoms with van der Waals surface area (Å²) in [6.45, 7) is 2.04. The monoisotopic (exact) mass is 127 g/mol. The van der Waals surface area contributed by atoms with Crippen molar-refractivity contribution in [1.29, 1.82) is 0 Å². The van der Waals surface area contributed by atoms with Gasteiger partial charge in [0.25, 0.3) is 0 Å². The van der Waals surface area contributed by atoms with Crippen LogP contribution >= 0.6 is 0 Å². The molecule has 0 radical (unpaired) electrons. The van der Waals surface area contributed by atoms with Crippen molar-refractivity contribution in [3.8, 4) is 0 Å². The number of hydrogen-bond acceptors (Lipinski definition) is 3. The molecule has 0 aliphatic carbocycles. The second kappa shape index (κ2) is 5.28. The molecule has 0 spiro atoms. The summed E-state index contributed by atoms with van der Waals surface area (Å²) in [5.41, 5.74) is 3.67. The second-order valence-electron chi connectivity index (χ2n) is 1.57. The first-order chi connectivity index (χ1) is 4.35. The van der Waals surface area contributed by atoms with E-state index in [4.69, 9.17) is 0 Å². The van der Waals surface area contributed by atoms with Gasteiger partial charge >= 0.3 is 0 Å². The third-order valence-electron chi connectivity index (χ3n) is 0.896. The Labute approximate surface area is 55.9 Å². The lowest BCUT2D eigenvalue weighted by molar-refractivity contribution is 0.897. The Morgan fingerprint density at radius 1 is 1.67 bits per heavy atom. The first-order valence-corrected chi connectivity index (χ1v) is 3.00. The number of hydrazone groups is 1. The predicted molar refractivity (Wildman–Crippen MR) is 41.2 cm³/mol. The lowest BCUT2D eigenvalue weighted by Crippen LogP contribution is -2.05. The molecule has 0 aromatic carbocycles. The Balaban J connectivity index is 3.81. The number of nitrogens with one attached hydrogen (secondary N) is 1. The molecule has 0 aliphatic heterocycles. The minimum atomic E-state index is 0.915. The van der Waals surface area contributed by atoms with Gasteiger partial charge in [-0.05, 0) is 6.42 Å². The highest BCUT2D eigenvalue weighted by atomic mass is 15.3. The first kappa shape index (κ1) is 8.14. The highest BCUT2D eigenvalue weighted by Crippen LogP contribution is 1.78. The molecule has 3 heteroatoms. The summed E-state index contributed by atoms with van der Waals surface area (Å²) in [6.07, 6.45) is 2.66. The SMILES string of the molecule is CCC(/C=N\C)=N/NC. The number of aliphatic imine (C=N–C) groups is 1. The van der Waals surface area contributed by atoms with E-state index in [0.717, 1.165) is 12.1 Å². The fraction of sp³-hybridized carbons (Fsp3) is 0.667. The maximum absolute atomic E-state index is 3.95. The highest BCUT2D eigenvalue weighted by molar-refractivity contribution is 6.30. The van der Waals surface area contributed by atoms with E-state index in [9.17, 15) is 0 Å². The Morgan fingerprint density at radius 3 is 2.67 bits per heavy atom. The fourth-order valence-corrected chi connectivity index (χ4v) is 0.492. The minimum Gasteiger partial charge on any atom is -0.313 e. The van der Waals surface area contributed by atoms with Crippen molar-refractivity contribution in [2.75, 3.05) is 14.1 Å². The summed E-state index contributed by atoms with van der Waals surface area (Å²) in [4.78, 5) is 3.83.